The van der Waals surface area contributed by atoms with E-state index in [4.69, 9.17) is 0 Å². The first-order chi connectivity index (χ1) is 3.95. The zero-order valence-corrected chi connectivity index (χ0v) is 5.27. The van der Waals surface area contributed by atoms with Crippen molar-refractivity contribution in [3.63, 3.8) is 0 Å². The molecule has 0 unspecified atom stereocenters. The van der Waals surface area contributed by atoms with E-state index in [9.17, 15) is 18.0 Å². The van der Waals surface area contributed by atoms with Crippen LogP contribution in [0.4, 0.5) is 18.0 Å². The molecular weight excluding hydrogens is 155 g/mol. The van der Waals surface area contributed by atoms with Crippen LogP contribution in [-0.4, -0.2) is 17.8 Å². The number of thioether (sulfide) groups is 1. The lowest BCUT2D eigenvalue weighted by atomic mass is 11.1. The fourth-order valence-electron chi connectivity index (χ4n) is 0.167. The number of carbonyl (C=O) groups is 1. The molecule has 1 N–H and O–H groups in total. The minimum Gasteiger partial charge on any atom is -0.262 e. The van der Waals surface area contributed by atoms with Crippen molar-refractivity contribution in [3.05, 3.63) is 0 Å². The topological polar surface area (TPSA) is 29.1 Å². The molecule has 0 saturated heterocycles. The Morgan fingerprint density at radius 2 is 2.00 bits per heavy atom. The highest BCUT2D eigenvalue weighted by molar-refractivity contribution is 8.12. The number of hydrogen-bond acceptors (Lipinski definition) is 2. The summed E-state index contributed by atoms with van der Waals surface area (Å²) in [4.78, 5) is 9.96. The number of alkyl halides is 3. The summed E-state index contributed by atoms with van der Waals surface area (Å²) in [5.74, 6) is 0. The molecule has 0 aliphatic rings. The summed E-state index contributed by atoms with van der Waals surface area (Å²) in [5, 5.41) is -0.302. The Bertz CT molecular complexity index is 112. The molecule has 6 heteroatoms. The van der Waals surface area contributed by atoms with Gasteiger partial charge in [-0.15, -0.1) is 0 Å². The molecule has 0 aromatic heterocycles. The molecule has 0 atom stereocenters. The summed E-state index contributed by atoms with van der Waals surface area (Å²) in [6.07, 6.45) is -3.33. The quantitative estimate of drug-likeness (QED) is 0.543. The van der Waals surface area contributed by atoms with E-state index in [1.807, 2.05) is 0 Å². The van der Waals surface area contributed by atoms with E-state index in [2.05, 4.69) is 0 Å². The summed E-state index contributed by atoms with van der Waals surface area (Å²) in [6.45, 7) is 0. The molecule has 2 nitrogen and oxygen atoms in total. The molecule has 9 heavy (non-hydrogen) atoms. The summed E-state index contributed by atoms with van der Waals surface area (Å²) < 4.78 is 33.4. The van der Waals surface area contributed by atoms with Gasteiger partial charge in [0.05, 0.1) is 0 Å². The molecule has 0 aliphatic heterocycles. The number of carbonyl (C=O) groups excluding carboxylic acids is 1. The van der Waals surface area contributed by atoms with Crippen LogP contribution in [0, 0.1) is 0 Å². The maximum Gasteiger partial charge on any atom is 0.485 e. The van der Waals surface area contributed by atoms with E-state index in [1.165, 1.54) is 6.26 Å². The Balaban J connectivity index is 3.60. The smallest absolute Gasteiger partial charge is 0.262 e. The average Bonchev–Trinajstić information content (AvgIpc) is 1.62. The molecule has 0 saturated carbocycles. The monoisotopic (exact) mass is 159 g/mol. The fraction of sp³-hybridized carbons (Fsp3) is 0.667. The van der Waals surface area contributed by atoms with Crippen LogP contribution in [-0.2, 0) is 0 Å². The van der Waals surface area contributed by atoms with Gasteiger partial charge in [-0.25, -0.2) is 0 Å². The highest BCUT2D eigenvalue weighted by Gasteiger charge is 2.29. The normalized spacial score (nSPS) is 11.1. The summed E-state index contributed by atoms with van der Waals surface area (Å²) >= 11 is 0.482. The van der Waals surface area contributed by atoms with E-state index >= 15 is 0 Å². The van der Waals surface area contributed by atoms with E-state index in [1.54, 1.807) is 0 Å². The number of nitrogens with one attached hydrogen (secondary N) is 1. The van der Waals surface area contributed by atoms with Gasteiger partial charge in [0.15, 0.2) is 0 Å². The van der Waals surface area contributed by atoms with Crippen LogP contribution in [0.1, 0.15) is 0 Å². The Labute approximate surface area is 53.8 Å². The van der Waals surface area contributed by atoms with Gasteiger partial charge in [-0.05, 0) is 6.26 Å². The molecule has 0 aliphatic carbocycles. The molecule has 0 bridgehead atoms. The van der Waals surface area contributed by atoms with Gasteiger partial charge in [0.25, 0.3) is 5.24 Å². The maximum atomic E-state index is 11.1. The summed E-state index contributed by atoms with van der Waals surface area (Å²) in [5.41, 5.74) is 0. The van der Waals surface area contributed by atoms with Crippen LogP contribution in [0.5, 0.6) is 0 Å². The van der Waals surface area contributed by atoms with E-state index in [0.717, 1.165) is 5.32 Å². The number of hydrogen-bond donors (Lipinski definition) is 1. The lowest BCUT2D eigenvalue weighted by Gasteiger charge is -2.04. The largest absolute Gasteiger partial charge is 0.485 e. The first-order valence-corrected chi connectivity index (χ1v) is 3.11. The molecule has 0 rings (SSSR count). The first kappa shape index (κ1) is 8.61. The third kappa shape index (κ3) is 5.48. The van der Waals surface area contributed by atoms with Gasteiger partial charge in [0, 0.05) is 0 Å². The van der Waals surface area contributed by atoms with Gasteiger partial charge < -0.3 is 0 Å². The summed E-state index contributed by atoms with van der Waals surface area (Å²) in [7, 11) is 0. The molecule has 54 valence electrons. The van der Waals surface area contributed by atoms with Crippen molar-refractivity contribution in [1.82, 2.24) is 5.32 Å². The van der Waals surface area contributed by atoms with Gasteiger partial charge >= 0.3 is 6.30 Å². The van der Waals surface area contributed by atoms with Crippen LogP contribution >= 0.6 is 11.8 Å². The zero-order valence-electron chi connectivity index (χ0n) is 4.45. The SMILES string of the molecule is CSC(=O)NC(F)(F)F. The van der Waals surface area contributed by atoms with E-state index < -0.39 is 11.5 Å². The van der Waals surface area contributed by atoms with Crippen molar-refractivity contribution in [2.45, 2.75) is 6.30 Å². The van der Waals surface area contributed by atoms with Crippen LogP contribution in [0.25, 0.3) is 0 Å². The number of halogens is 3. The van der Waals surface area contributed by atoms with Crippen molar-refractivity contribution in [2.24, 2.45) is 0 Å². The van der Waals surface area contributed by atoms with Crippen LogP contribution in [0.3, 0.4) is 0 Å². The van der Waals surface area contributed by atoms with Crippen LogP contribution in [0.15, 0.2) is 0 Å². The third-order valence-electron chi connectivity index (χ3n) is 0.429. The second-order valence-corrected chi connectivity index (χ2v) is 1.89. The highest BCUT2D eigenvalue weighted by atomic mass is 32.2. The van der Waals surface area contributed by atoms with Gasteiger partial charge in [-0.1, -0.05) is 11.8 Å². The van der Waals surface area contributed by atoms with Crippen LogP contribution in [0.2, 0.25) is 0 Å². The molecule has 1 amide bonds. The second kappa shape index (κ2) is 2.95. The molecule has 0 fully saturated rings. The Morgan fingerprint density at radius 3 is 2.11 bits per heavy atom. The maximum absolute atomic E-state index is 11.1. The zero-order chi connectivity index (χ0) is 7.49. The highest BCUT2D eigenvalue weighted by Crippen LogP contribution is 2.11. The predicted octanol–water partition coefficient (Wildman–Crippen LogP) is 1.58. The Hall–Kier alpha value is -0.390. The lowest BCUT2D eigenvalue weighted by Crippen LogP contribution is -2.34. The first-order valence-electron chi connectivity index (χ1n) is 1.88. The molecule has 0 spiro atoms. The summed E-state index contributed by atoms with van der Waals surface area (Å²) in [6, 6.07) is 0. The fourth-order valence-corrected chi connectivity index (χ4v) is 0.385. The Kier molecular flexibility index (Phi) is 2.83. The van der Waals surface area contributed by atoms with Crippen molar-refractivity contribution < 1.29 is 18.0 Å². The standard InChI is InChI=1S/C3H4F3NOS/c1-9-2(8)7-3(4,5)6/h1H3,(H,7,8). The minimum atomic E-state index is -4.60. The van der Waals surface area contributed by atoms with Crippen LogP contribution < -0.4 is 5.32 Å². The predicted molar refractivity (Wildman–Crippen MR) is 28.1 cm³/mol. The van der Waals surface area contributed by atoms with Gasteiger partial charge in [-0.3, -0.25) is 10.1 Å². The van der Waals surface area contributed by atoms with E-state index in [0.29, 0.717) is 11.8 Å². The third-order valence-corrected chi connectivity index (χ3v) is 0.902. The Morgan fingerprint density at radius 1 is 1.56 bits per heavy atom. The second-order valence-electron chi connectivity index (χ2n) is 1.11. The molecular formula is C3H4F3NOS. The van der Waals surface area contributed by atoms with Gasteiger partial charge in [0.2, 0.25) is 0 Å². The minimum absolute atomic E-state index is 0.482. The van der Waals surface area contributed by atoms with Crippen molar-refractivity contribution in [3.8, 4) is 0 Å². The van der Waals surface area contributed by atoms with Crippen molar-refractivity contribution >= 4 is 17.0 Å². The molecule has 0 radical (unpaired) electrons. The number of rotatable bonds is 0. The van der Waals surface area contributed by atoms with Crippen molar-refractivity contribution in [2.75, 3.05) is 6.26 Å². The molecule has 0 heterocycles. The average molecular weight is 159 g/mol. The van der Waals surface area contributed by atoms with Gasteiger partial charge in [0.1, 0.15) is 0 Å². The lowest BCUT2D eigenvalue weighted by molar-refractivity contribution is -0.143. The van der Waals surface area contributed by atoms with E-state index in [-0.39, 0.29) is 0 Å². The number of amides is 1. The van der Waals surface area contributed by atoms with Crippen molar-refractivity contribution in [1.29, 1.82) is 0 Å². The molecule has 0 aromatic rings. The van der Waals surface area contributed by atoms with Gasteiger partial charge in [-0.2, -0.15) is 13.2 Å². The molecule has 0 aromatic carbocycles.